The zero-order chi connectivity index (χ0) is 9.31. The summed E-state index contributed by atoms with van der Waals surface area (Å²) < 4.78 is 11.5. The van der Waals surface area contributed by atoms with Gasteiger partial charge in [-0.2, -0.15) is 0 Å². The van der Waals surface area contributed by atoms with Crippen LogP contribution in [0.5, 0.6) is 0 Å². The Hall–Kier alpha value is -0.120. The zero-order valence-corrected chi connectivity index (χ0v) is 8.51. The summed E-state index contributed by atoms with van der Waals surface area (Å²) in [6, 6.07) is 0. The summed E-state index contributed by atoms with van der Waals surface area (Å²) in [4.78, 5) is 0. The van der Waals surface area contributed by atoms with Crippen molar-refractivity contribution in [1.29, 1.82) is 0 Å². The SMILES string of the molecule is CC(C)C1COCC2(CNC2)CO1. The van der Waals surface area contributed by atoms with Crippen molar-refractivity contribution in [2.24, 2.45) is 11.3 Å². The van der Waals surface area contributed by atoms with Gasteiger partial charge in [-0.1, -0.05) is 13.8 Å². The van der Waals surface area contributed by atoms with Gasteiger partial charge >= 0.3 is 0 Å². The summed E-state index contributed by atoms with van der Waals surface area (Å²) in [5, 5.41) is 3.28. The fourth-order valence-corrected chi connectivity index (χ4v) is 1.83. The van der Waals surface area contributed by atoms with E-state index in [9.17, 15) is 0 Å². The first kappa shape index (κ1) is 9.44. The van der Waals surface area contributed by atoms with Gasteiger partial charge in [0.05, 0.1) is 25.9 Å². The number of nitrogens with one attached hydrogen (secondary N) is 1. The molecule has 13 heavy (non-hydrogen) atoms. The quantitative estimate of drug-likeness (QED) is 0.650. The van der Waals surface area contributed by atoms with E-state index in [-0.39, 0.29) is 0 Å². The molecule has 2 heterocycles. The van der Waals surface area contributed by atoms with Gasteiger partial charge in [0.2, 0.25) is 0 Å². The van der Waals surface area contributed by atoms with Crippen molar-refractivity contribution in [2.75, 3.05) is 32.9 Å². The topological polar surface area (TPSA) is 30.5 Å². The number of hydrogen-bond donors (Lipinski definition) is 1. The minimum atomic E-state index is 0.292. The Balaban J connectivity index is 1.90. The summed E-state index contributed by atoms with van der Waals surface area (Å²) in [5.74, 6) is 0.559. The highest BCUT2D eigenvalue weighted by atomic mass is 16.5. The summed E-state index contributed by atoms with van der Waals surface area (Å²) in [6.45, 7) is 8.97. The fraction of sp³-hybridized carbons (Fsp3) is 1.00. The lowest BCUT2D eigenvalue weighted by Gasteiger charge is -2.40. The van der Waals surface area contributed by atoms with E-state index < -0.39 is 0 Å². The normalized spacial score (nSPS) is 33.0. The third kappa shape index (κ3) is 1.87. The Morgan fingerprint density at radius 2 is 2.08 bits per heavy atom. The van der Waals surface area contributed by atoms with Crippen LogP contribution >= 0.6 is 0 Å². The van der Waals surface area contributed by atoms with Crippen molar-refractivity contribution in [3.63, 3.8) is 0 Å². The standard InChI is InChI=1S/C10H19NO2/c1-8(2)9-3-12-6-10(7-13-9)4-11-5-10/h8-9,11H,3-7H2,1-2H3. The van der Waals surface area contributed by atoms with Gasteiger partial charge in [0, 0.05) is 18.5 Å². The number of rotatable bonds is 1. The Kier molecular flexibility index (Phi) is 2.58. The third-order valence-electron chi connectivity index (χ3n) is 3.04. The molecule has 3 nitrogen and oxygen atoms in total. The molecule has 0 bridgehead atoms. The Labute approximate surface area is 79.8 Å². The van der Waals surface area contributed by atoms with E-state index in [0.29, 0.717) is 17.4 Å². The van der Waals surface area contributed by atoms with E-state index in [1.54, 1.807) is 0 Å². The molecule has 0 aromatic carbocycles. The average Bonchev–Trinajstić information content (AvgIpc) is 2.24. The van der Waals surface area contributed by atoms with E-state index in [4.69, 9.17) is 9.47 Å². The predicted octanol–water partition coefficient (Wildman–Crippen LogP) is 0.647. The molecule has 76 valence electrons. The van der Waals surface area contributed by atoms with Crippen LogP contribution in [0.25, 0.3) is 0 Å². The van der Waals surface area contributed by atoms with Crippen molar-refractivity contribution in [2.45, 2.75) is 20.0 Å². The predicted molar refractivity (Wildman–Crippen MR) is 50.7 cm³/mol. The molecule has 0 aromatic rings. The summed E-state index contributed by atoms with van der Waals surface area (Å²) >= 11 is 0. The van der Waals surface area contributed by atoms with Gasteiger partial charge in [-0.25, -0.2) is 0 Å². The first-order valence-corrected chi connectivity index (χ1v) is 5.12. The second-order valence-electron chi connectivity index (χ2n) is 4.71. The summed E-state index contributed by atoms with van der Waals surface area (Å²) in [7, 11) is 0. The molecule has 0 saturated carbocycles. The molecular weight excluding hydrogens is 166 g/mol. The molecular formula is C10H19NO2. The Morgan fingerprint density at radius 3 is 2.62 bits per heavy atom. The lowest BCUT2D eigenvalue weighted by atomic mass is 9.84. The monoisotopic (exact) mass is 185 g/mol. The van der Waals surface area contributed by atoms with Crippen molar-refractivity contribution < 1.29 is 9.47 Å². The van der Waals surface area contributed by atoms with E-state index in [1.807, 2.05) is 0 Å². The summed E-state index contributed by atoms with van der Waals surface area (Å²) in [5.41, 5.74) is 0.295. The number of hydrogen-bond acceptors (Lipinski definition) is 3. The fourth-order valence-electron chi connectivity index (χ4n) is 1.83. The van der Waals surface area contributed by atoms with Gasteiger partial charge in [0.25, 0.3) is 0 Å². The van der Waals surface area contributed by atoms with E-state index in [2.05, 4.69) is 19.2 Å². The van der Waals surface area contributed by atoms with Gasteiger partial charge < -0.3 is 14.8 Å². The second-order valence-corrected chi connectivity index (χ2v) is 4.71. The largest absolute Gasteiger partial charge is 0.378 e. The Bertz CT molecular complexity index is 178. The van der Waals surface area contributed by atoms with Crippen LogP contribution < -0.4 is 5.32 Å². The van der Waals surface area contributed by atoms with Crippen molar-refractivity contribution >= 4 is 0 Å². The van der Waals surface area contributed by atoms with E-state index in [0.717, 1.165) is 32.9 Å². The lowest BCUT2D eigenvalue weighted by Crippen LogP contribution is -2.58. The van der Waals surface area contributed by atoms with Gasteiger partial charge in [0.15, 0.2) is 0 Å². The second kappa shape index (κ2) is 3.56. The van der Waals surface area contributed by atoms with Crippen LogP contribution in [-0.2, 0) is 9.47 Å². The minimum absolute atomic E-state index is 0.292. The van der Waals surface area contributed by atoms with Crippen LogP contribution in [0.3, 0.4) is 0 Å². The van der Waals surface area contributed by atoms with Crippen LogP contribution in [0.2, 0.25) is 0 Å². The van der Waals surface area contributed by atoms with Gasteiger partial charge in [-0.3, -0.25) is 0 Å². The maximum absolute atomic E-state index is 5.86. The summed E-state index contributed by atoms with van der Waals surface area (Å²) in [6.07, 6.45) is 0.292. The Morgan fingerprint density at radius 1 is 1.31 bits per heavy atom. The van der Waals surface area contributed by atoms with Crippen molar-refractivity contribution in [1.82, 2.24) is 5.32 Å². The molecule has 1 unspecified atom stereocenters. The molecule has 2 rings (SSSR count). The molecule has 1 atom stereocenters. The van der Waals surface area contributed by atoms with Crippen LogP contribution in [0.1, 0.15) is 13.8 Å². The lowest BCUT2D eigenvalue weighted by molar-refractivity contribution is -0.0245. The number of ether oxygens (including phenoxy) is 2. The average molecular weight is 185 g/mol. The molecule has 0 amide bonds. The molecule has 3 heteroatoms. The molecule has 0 aromatic heterocycles. The van der Waals surface area contributed by atoms with E-state index in [1.165, 1.54) is 0 Å². The highest BCUT2D eigenvalue weighted by Crippen LogP contribution is 2.27. The molecule has 0 radical (unpaired) electrons. The first-order chi connectivity index (χ1) is 6.22. The van der Waals surface area contributed by atoms with Crippen LogP contribution in [0.15, 0.2) is 0 Å². The van der Waals surface area contributed by atoms with Crippen LogP contribution in [-0.4, -0.2) is 39.0 Å². The highest BCUT2D eigenvalue weighted by molar-refractivity contribution is 4.93. The van der Waals surface area contributed by atoms with Crippen LogP contribution in [0, 0.1) is 11.3 Å². The van der Waals surface area contributed by atoms with Gasteiger partial charge in [0.1, 0.15) is 0 Å². The van der Waals surface area contributed by atoms with Gasteiger partial charge in [-0.05, 0) is 5.92 Å². The van der Waals surface area contributed by atoms with E-state index >= 15 is 0 Å². The molecule has 2 fully saturated rings. The van der Waals surface area contributed by atoms with Gasteiger partial charge in [-0.15, -0.1) is 0 Å². The highest BCUT2D eigenvalue weighted by Gasteiger charge is 2.40. The maximum Gasteiger partial charge on any atom is 0.0831 e. The van der Waals surface area contributed by atoms with Crippen molar-refractivity contribution in [3.8, 4) is 0 Å². The first-order valence-electron chi connectivity index (χ1n) is 5.12. The molecule has 2 saturated heterocycles. The van der Waals surface area contributed by atoms with Crippen molar-refractivity contribution in [3.05, 3.63) is 0 Å². The van der Waals surface area contributed by atoms with Crippen LogP contribution in [0.4, 0.5) is 0 Å². The molecule has 1 N–H and O–H groups in total. The third-order valence-corrected chi connectivity index (χ3v) is 3.04. The molecule has 2 aliphatic rings. The molecule has 2 aliphatic heterocycles. The molecule has 1 spiro atoms. The smallest absolute Gasteiger partial charge is 0.0831 e. The maximum atomic E-state index is 5.86. The molecule has 0 aliphatic carbocycles. The zero-order valence-electron chi connectivity index (χ0n) is 8.51. The minimum Gasteiger partial charge on any atom is -0.378 e.